The minimum atomic E-state index is 0.288. The number of aromatic nitrogens is 2. The van der Waals surface area contributed by atoms with Crippen LogP contribution in [0.1, 0.15) is 43.5 Å². The van der Waals surface area contributed by atoms with Gasteiger partial charge in [0.2, 0.25) is 5.89 Å². The zero-order valence-electron chi connectivity index (χ0n) is 16.5. The number of fused-ring (bicyclic) bond motifs is 1. The topological polar surface area (TPSA) is 63.9 Å². The third-order valence-electron chi connectivity index (χ3n) is 5.09. The fraction of sp³-hybridized carbons (Fsp3) is 0.600. The van der Waals surface area contributed by atoms with Gasteiger partial charge in [-0.25, -0.2) is 0 Å². The minimum absolute atomic E-state index is 0.288. The summed E-state index contributed by atoms with van der Waals surface area (Å²) in [6.45, 7) is 10.9. The fourth-order valence-corrected chi connectivity index (χ4v) is 3.79. The fourth-order valence-electron chi connectivity index (χ4n) is 3.50. The van der Waals surface area contributed by atoms with Gasteiger partial charge in [0.1, 0.15) is 0 Å². The second-order valence-electron chi connectivity index (χ2n) is 7.71. The molecule has 2 aromatic rings. The maximum Gasteiger partial charge on any atom is 0.240 e. The highest BCUT2D eigenvalue weighted by atomic mass is 35.5. The SMILES string of the molecule is CC(C)c1noc(CN2CCN(Cc3cc(Cl)c4c(c3)OCCCO4)CC2)n1. The lowest BCUT2D eigenvalue weighted by molar-refractivity contribution is 0.112. The molecule has 2 aliphatic rings. The average molecular weight is 407 g/mol. The third kappa shape index (κ3) is 4.59. The van der Waals surface area contributed by atoms with Gasteiger partial charge in [-0.2, -0.15) is 4.98 Å². The van der Waals surface area contributed by atoms with Crippen LogP contribution in [0.4, 0.5) is 0 Å². The smallest absolute Gasteiger partial charge is 0.240 e. The van der Waals surface area contributed by atoms with Gasteiger partial charge >= 0.3 is 0 Å². The van der Waals surface area contributed by atoms with E-state index in [1.807, 2.05) is 6.07 Å². The first-order valence-corrected chi connectivity index (χ1v) is 10.3. The van der Waals surface area contributed by atoms with Crippen LogP contribution in [-0.4, -0.2) is 59.3 Å². The van der Waals surface area contributed by atoms with E-state index in [0.29, 0.717) is 36.4 Å². The molecule has 0 spiro atoms. The molecule has 1 saturated heterocycles. The van der Waals surface area contributed by atoms with Crippen molar-refractivity contribution in [3.63, 3.8) is 0 Å². The van der Waals surface area contributed by atoms with Gasteiger partial charge in [0.15, 0.2) is 17.3 Å². The van der Waals surface area contributed by atoms with Crippen molar-refractivity contribution in [3.8, 4) is 11.5 Å². The molecular formula is C20H27ClN4O3. The van der Waals surface area contributed by atoms with E-state index in [-0.39, 0.29) is 5.92 Å². The van der Waals surface area contributed by atoms with Crippen molar-refractivity contribution in [1.82, 2.24) is 19.9 Å². The predicted octanol–water partition coefficient (Wildman–Crippen LogP) is 3.33. The van der Waals surface area contributed by atoms with Crippen molar-refractivity contribution >= 4 is 11.6 Å². The molecule has 0 aliphatic carbocycles. The number of benzene rings is 1. The number of nitrogens with zero attached hydrogens (tertiary/aromatic N) is 4. The van der Waals surface area contributed by atoms with Crippen LogP contribution >= 0.6 is 11.6 Å². The highest BCUT2D eigenvalue weighted by molar-refractivity contribution is 6.32. The molecule has 1 aromatic heterocycles. The van der Waals surface area contributed by atoms with Crippen LogP contribution in [0.5, 0.6) is 11.5 Å². The minimum Gasteiger partial charge on any atom is -0.489 e. The van der Waals surface area contributed by atoms with E-state index in [9.17, 15) is 0 Å². The predicted molar refractivity (Wildman–Crippen MR) is 106 cm³/mol. The maximum absolute atomic E-state index is 6.42. The molecule has 0 unspecified atom stereocenters. The van der Waals surface area contributed by atoms with Gasteiger partial charge in [-0.1, -0.05) is 30.6 Å². The summed E-state index contributed by atoms with van der Waals surface area (Å²) in [5, 5.41) is 4.67. The zero-order valence-corrected chi connectivity index (χ0v) is 17.2. The van der Waals surface area contributed by atoms with Crippen LogP contribution in [0.15, 0.2) is 16.7 Å². The van der Waals surface area contributed by atoms with Gasteiger partial charge in [-0.3, -0.25) is 9.80 Å². The van der Waals surface area contributed by atoms with Crippen molar-refractivity contribution < 1.29 is 14.0 Å². The molecule has 0 saturated carbocycles. The summed E-state index contributed by atoms with van der Waals surface area (Å²) < 4.78 is 16.9. The Morgan fingerprint density at radius 2 is 1.75 bits per heavy atom. The van der Waals surface area contributed by atoms with Crippen LogP contribution in [0.2, 0.25) is 5.02 Å². The lowest BCUT2D eigenvalue weighted by Gasteiger charge is -2.34. The molecule has 0 atom stereocenters. The normalized spacial score (nSPS) is 18.4. The van der Waals surface area contributed by atoms with Crippen molar-refractivity contribution in [2.45, 2.75) is 39.3 Å². The van der Waals surface area contributed by atoms with Gasteiger partial charge in [0.25, 0.3) is 0 Å². The Kier molecular flexibility index (Phi) is 6.04. The molecule has 1 fully saturated rings. The van der Waals surface area contributed by atoms with E-state index in [1.54, 1.807) is 0 Å². The van der Waals surface area contributed by atoms with Crippen molar-refractivity contribution in [2.24, 2.45) is 0 Å². The van der Waals surface area contributed by atoms with E-state index < -0.39 is 0 Å². The molecule has 2 aliphatic heterocycles. The molecule has 3 heterocycles. The van der Waals surface area contributed by atoms with Crippen LogP contribution in [0.25, 0.3) is 0 Å². The maximum atomic E-state index is 6.42. The molecule has 8 heteroatoms. The first kappa shape index (κ1) is 19.5. The second kappa shape index (κ2) is 8.68. The Morgan fingerprint density at radius 1 is 1.04 bits per heavy atom. The molecular weight excluding hydrogens is 380 g/mol. The van der Waals surface area contributed by atoms with E-state index in [1.165, 1.54) is 0 Å². The van der Waals surface area contributed by atoms with E-state index in [0.717, 1.165) is 56.3 Å². The lowest BCUT2D eigenvalue weighted by atomic mass is 10.1. The van der Waals surface area contributed by atoms with Gasteiger partial charge in [-0.15, -0.1) is 0 Å². The van der Waals surface area contributed by atoms with Crippen molar-refractivity contribution in [1.29, 1.82) is 0 Å². The van der Waals surface area contributed by atoms with Crippen LogP contribution in [-0.2, 0) is 13.1 Å². The highest BCUT2D eigenvalue weighted by Gasteiger charge is 2.21. The molecule has 0 bridgehead atoms. The molecule has 0 amide bonds. The molecule has 7 nitrogen and oxygen atoms in total. The quantitative estimate of drug-likeness (QED) is 0.754. The first-order chi connectivity index (χ1) is 13.6. The summed E-state index contributed by atoms with van der Waals surface area (Å²) >= 11 is 6.42. The highest BCUT2D eigenvalue weighted by Crippen LogP contribution is 2.38. The van der Waals surface area contributed by atoms with E-state index in [2.05, 4.69) is 39.9 Å². The standard InChI is InChI=1S/C20H27ClN4O3/c1-14(2)20-22-18(28-23-20)13-25-6-4-24(5-7-25)12-15-10-16(21)19-17(11-15)26-8-3-9-27-19/h10-11,14H,3-9,12-13H2,1-2H3. The summed E-state index contributed by atoms with van der Waals surface area (Å²) in [5.74, 6) is 3.20. The Balaban J connectivity index is 1.32. The second-order valence-corrected chi connectivity index (χ2v) is 8.12. The number of hydrogen-bond acceptors (Lipinski definition) is 7. The van der Waals surface area contributed by atoms with Crippen molar-refractivity contribution in [2.75, 3.05) is 39.4 Å². The number of rotatable bonds is 5. The number of ether oxygens (including phenoxy) is 2. The number of piperazine rings is 1. The summed E-state index contributed by atoms with van der Waals surface area (Å²) in [6, 6.07) is 4.05. The Hall–Kier alpha value is -1.83. The molecule has 4 rings (SSSR count). The molecule has 0 N–H and O–H groups in total. The largest absolute Gasteiger partial charge is 0.489 e. The van der Waals surface area contributed by atoms with E-state index >= 15 is 0 Å². The van der Waals surface area contributed by atoms with Gasteiger partial charge in [-0.05, 0) is 17.7 Å². The molecule has 152 valence electrons. The molecule has 28 heavy (non-hydrogen) atoms. The molecule has 0 radical (unpaired) electrons. The summed E-state index contributed by atoms with van der Waals surface area (Å²) in [5.41, 5.74) is 1.15. The monoisotopic (exact) mass is 406 g/mol. The Bertz CT molecular complexity index is 803. The number of hydrogen-bond donors (Lipinski definition) is 0. The van der Waals surface area contributed by atoms with Crippen LogP contribution in [0.3, 0.4) is 0 Å². The van der Waals surface area contributed by atoms with Gasteiger partial charge < -0.3 is 14.0 Å². The first-order valence-electron chi connectivity index (χ1n) is 9.93. The summed E-state index contributed by atoms with van der Waals surface area (Å²) in [7, 11) is 0. The van der Waals surface area contributed by atoms with E-state index in [4.69, 9.17) is 25.6 Å². The molecule has 1 aromatic carbocycles. The Morgan fingerprint density at radius 3 is 2.46 bits per heavy atom. The van der Waals surface area contributed by atoms with Gasteiger partial charge in [0, 0.05) is 45.1 Å². The van der Waals surface area contributed by atoms with Crippen LogP contribution in [0, 0.1) is 0 Å². The number of halogens is 1. The lowest BCUT2D eigenvalue weighted by Crippen LogP contribution is -2.45. The summed E-state index contributed by atoms with van der Waals surface area (Å²) in [6.07, 6.45) is 0.876. The van der Waals surface area contributed by atoms with Gasteiger partial charge in [0.05, 0.1) is 24.8 Å². The third-order valence-corrected chi connectivity index (χ3v) is 5.37. The average Bonchev–Trinajstić information content (AvgIpc) is 3.00. The Labute approximate surface area is 170 Å². The zero-order chi connectivity index (χ0) is 19.5. The summed E-state index contributed by atoms with van der Waals surface area (Å²) in [4.78, 5) is 9.26. The van der Waals surface area contributed by atoms with Crippen molar-refractivity contribution in [3.05, 3.63) is 34.4 Å². The van der Waals surface area contributed by atoms with Crippen LogP contribution < -0.4 is 9.47 Å².